The molecule has 23 heavy (non-hydrogen) atoms. The molecule has 0 spiro atoms. The van der Waals surface area contributed by atoms with Gasteiger partial charge in [0.05, 0.1) is 16.0 Å². The number of benzene rings is 2. The standard InChI is InChI=1S/C15H12N2O5S/c16-23(20,21)11-7-5-10(6-8-11)9-22-17-14(18)12-3-1-2-4-13(12)15(17)19/h1-8H,9H2,(H2,16,20,21). The van der Waals surface area contributed by atoms with Gasteiger partial charge >= 0.3 is 0 Å². The smallest absolute Gasteiger partial charge is 0.266 e. The predicted octanol–water partition coefficient (Wildman–Crippen LogP) is 1.06. The van der Waals surface area contributed by atoms with Crippen LogP contribution in [0.3, 0.4) is 0 Å². The van der Waals surface area contributed by atoms with E-state index in [9.17, 15) is 18.0 Å². The zero-order valence-corrected chi connectivity index (χ0v) is 12.6. The summed E-state index contributed by atoms with van der Waals surface area (Å²) in [6.45, 7) is -0.0592. The summed E-state index contributed by atoms with van der Waals surface area (Å²) in [5.41, 5.74) is 1.18. The van der Waals surface area contributed by atoms with E-state index < -0.39 is 21.8 Å². The first kappa shape index (κ1) is 15.3. The number of imide groups is 1. The van der Waals surface area contributed by atoms with Crippen LogP contribution in [-0.4, -0.2) is 25.3 Å². The van der Waals surface area contributed by atoms with Crippen LogP contribution in [0.2, 0.25) is 0 Å². The topological polar surface area (TPSA) is 107 Å². The van der Waals surface area contributed by atoms with Crippen LogP contribution in [0.5, 0.6) is 0 Å². The third-order valence-electron chi connectivity index (χ3n) is 3.37. The third kappa shape index (κ3) is 2.87. The van der Waals surface area contributed by atoms with Crippen molar-refractivity contribution in [1.82, 2.24) is 5.06 Å². The molecular weight excluding hydrogens is 320 g/mol. The Labute approximate surface area is 132 Å². The van der Waals surface area contributed by atoms with Gasteiger partial charge in [-0.25, -0.2) is 13.6 Å². The maximum absolute atomic E-state index is 12.1. The molecule has 2 aromatic rings. The van der Waals surface area contributed by atoms with Crippen LogP contribution in [0.25, 0.3) is 0 Å². The fraction of sp³-hybridized carbons (Fsp3) is 0.0667. The minimum absolute atomic E-state index is 0.0259. The lowest BCUT2D eigenvalue weighted by molar-refractivity contribution is -0.101. The number of carbonyl (C=O) groups is 2. The van der Waals surface area contributed by atoms with Gasteiger partial charge in [-0.15, -0.1) is 5.06 Å². The molecule has 118 valence electrons. The molecule has 0 aliphatic carbocycles. The van der Waals surface area contributed by atoms with Crippen molar-refractivity contribution in [2.24, 2.45) is 5.14 Å². The molecule has 1 aliphatic rings. The van der Waals surface area contributed by atoms with E-state index in [2.05, 4.69) is 0 Å². The summed E-state index contributed by atoms with van der Waals surface area (Å²) in [6, 6.07) is 12.1. The fourth-order valence-corrected chi connectivity index (χ4v) is 2.71. The molecule has 0 radical (unpaired) electrons. The lowest BCUT2D eigenvalue weighted by atomic mass is 10.1. The Kier molecular flexibility index (Phi) is 3.72. The van der Waals surface area contributed by atoms with Gasteiger partial charge in [-0.3, -0.25) is 14.4 Å². The highest BCUT2D eigenvalue weighted by Gasteiger charge is 2.36. The number of carbonyl (C=O) groups excluding carboxylic acids is 2. The fourth-order valence-electron chi connectivity index (χ4n) is 2.20. The van der Waals surface area contributed by atoms with E-state index >= 15 is 0 Å². The molecule has 2 amide bonds. The van der Waals surface area contributed by atoms with Crippen molar-refractivity contribution < 1.29 is 22.8 Å². The largest absolute Gasteiger partial charge is 0.285 e. The number of nitrogens with two attached hydrogens (primary N) is 1. The van der Waals surface area contributed by atoms with Crippen LogP contribution in [0, 0.1) is 0 Å². The van der Waals surface area contributed by atoms with Crippen LogP contribution in [-0.2, 0) is 21.5 Å². The predicted molar refractivity (Wildman–Crippen MR) is 79.5 cm³/mol. The number of sulfonamides is 1. The molecule has 1 heterocycles. The van der Waals surface area contributed by atoms with E-state index in [-0.39, 0.29) is 11.5 Å². The first-order chi connectivity index (χ1) is 10.9. The molecule has 0 aromatic heterocycles. The Balaban J connectivity index is 1.73. The third-order valence-corrected chi connectivity index (χ3v) is 4.30. The zero-order valence-electron chi connectivity index (χ0n) is 11.8. The summed E-state index contributed by atoms with van der Waals surface area (Å²) >= 11 is 0. The van der Waals surface area contributed by atoms with E-state index in [0.29, 0.717) is 21.8 Å². The molecule has 0 saturated carbocycles. The normalized spacial score (nSPS) is 14.2. The van der Waals surface area contributed by atoms with Gasteiger partial charge in [0, 0.05) is 0 Å². The highest BCUT2D eigenvalue weighted by molar-refractivity contribution is 7.89. The highest BCUT2D eigenvalue weighted by atomic mass is 32.2. The number of hydrogen-bond acceptors (Lipinski definition) is 5. The second kappa shape index (κ2) is 5.58. The average molecular weight is 332 g/mol. The van der Waals surface area contributed by atoms with Crippen LogP contribution < -0.4 is 5.14 Å². The van der Waals surface area contributed by atoms with Crippen molar-refractivity contribution in [2.75, 3.05) is 0 Å². The molecule has 7 nitrogen and oxygen atoms in total. The summed E-state index contributed by atoms with van der Waals surface area (Å²) < 4.78 is 22.3. The summed E-state index contributed by atoms with van der Waals surface area (Å²) in [6.07, 6.45) is 0. The molecule has 3 rings (SSSR count). The van der Waals surface area contributed by atoms with Gasteiger partial charge in [0.25, 0.3) is 11.8 Å². The highest BCUT2D eigenvalue weighted by Crippen LogP contribution is 2.23. The molecule has 0 bridgehead atoms. The molecule has 0 unspecified atom stereocenters. The summed E-state index contributed by atoms with van der Waals surface area (Å²) in [7, 11) is -3.76. The van der Waals surface area contributed by atoms with Crippen LogP contribution >= 0.6 is 0 Å². The number of primary sulfonamides is 1. The molecule has 0 fully saturated rings. The molecule has 2 N–H and O–H groups in total. The van der Waals surface area contributed by atoms with Gasteiger partial charge in [-0.05, 0) is 29.8 Å². The van der Waals surface area contributed by atoms with E-state index in [1.54, 1.807) is 24.3 Å². The second-order valence-electron chi connectivity index (χ2n) is 4.91. The Morgan fingerprint density at radius 1 is 0.913 bits per heavy atom. The summed E-state index contributed by atoms with van der Waals surface area (Å²) in [5, 5.41) is 5.72. The summed E-state index contributed by atoms with van der Waals surface area (Å²) in [4.78, 5) is 29.4. The van der Waals surface area contributed by atoms with E-state index in [0.717, 1.165) is 0 Å². The van der Waals surface area contributed by atoms with Crippen LogP contribution in [0.4, 0.5) is 0 Å². The minimum Gasteiger partial charge on any atom is -0.266 e. The molecule has 1 aliphatic heterocycles. The molecule has 0 atom stereocenters. The monoisotopic (exact) mass is 332 g/mol. The minimum atomic E-state index is -3.76. The Morgan fingerprint density at radius 3 is 1.91 bits per heavy atom. The number of hydrogen-bond donors (Lipinski definition) is 1. The number of rotatable bonds is 4. The number of amides is 2. The molecule has 2 aromatic carbocycles. The molecule has 8 heteroatoms. The molecule has 0 saturated heterocycles. The zero-order chi connectivity index (χ0) is 16.6. The lowest BCUT2D eigenvalue weighted by Crippen LogP contribution is -2.29. The maximum atomic E-state index is 12.1. The van der Waals surface area contributed by atoms with E-state index in [1.807, 2.05) is 0 Å². The van der Waals surface area contributed by atoms with Gasteiger partial charge in [-0.2, -0.15) is 0 Å². The Bertz CT molecular complexity index is 855. The van der Waals surface area contributed by atoms with Crippen LogP contribution in [0.15, 0.2) is 53.4 Å². The van der Waals surface area contributed by atoms with Crippen molar-refractivity contribution in [1.29, 1.82) is 0 Å². The van der Waals surface area contributed by atoms with E-state index in [1.165, 1.54) is 24.3 Å². The Morgan fingerprint density at radius 2 is 1.43 bits per heavy atom. The second-order valence-corrected chi connectivity index (χ2v) is 6.47. The van der Waals surface area contributed by atoms with Crippen molar-refractivity contribution in [3.8, 4) is 0 Å². The van der Waals surface area contributed by atoms with Crippen molar-refractivity contribution in [3.63, 3.8) is 0 Å². The number of nitrogens with zero attached hydrogens (tertiary/aromatic N) is 1. The first-order valence-corrected chi connectivity index (χ1v) is 8.15. The average Bonchev–Trinajstić information content (AvgIpc) is 2.77. The van der Waals surface area contributed by atoms with Gasteiger partial charge in [-0.1, -0.05) is 24.3 Å². The number of hydroxylamine groups is 2. The van der Waals surface area contributed by atoms with E-state index in [4.69, 9.17) is 9.98 Å². The van der Waals surface area contributed by atoms with Gasteiger partial charge in [0.1, 0.15) is 6.61 Å². The molecular formula is C15H12N2O5S. The SMILES string of the molecule is NS(=O)(=O)c1ccc(CON2C(=O)c3ccccc3C2=O)cc1. The Hall–Kier alpha value is -2.55. The van der Waals surface area contributed by atoms with Crippen molar-refractivity contribution >= 4 is 21.8 Å². The van der Waals surface area contributed by atoms with Crippen molar-refractivity contribution in [2.45, 2.75) is 11.5 Å². The quantitative estimate of drug-likeness (QED) is 0.843. The van der Waals surface area contributed by atoms with Gasteiger partial charge < -0.3 is 0 Å². The maximum Gasteiger partial charge on any atom is 0.285 e. The van der Waals surface area contributed by atoms with Gasteiger partial charge in [0.2, 0.25) is 10.0 Å². The lowest BCUT2D eigenvalue weighted by Gasteiger charge is -2.13. The first-order valence-electron chi connectivity index (χ1n) is 6.60. The van der Waals surface area contributed by atoms with Gasteiger partial charge in [0.15, 0.2) is 0 Å². The summed E-state index contributed by atoms with van der Waals surface area (Å²) in [5.74, 6) is -1.04. The van der Waals surface area contributed by atoms with Crippen molar-refractivity contribution in [3.05, 3.63) is 65.2 Å². The number of fused-ring (bicyclic) bond motifs is 1. The van der Waals surface area contributed by atoms with Crippen LogP contribution in [0.1, 0.15) is 26.3 Å².